The first-order valence-electron chi connectivity index (χ1n) is 13.4. The van der Waals surface area contributed by atoms with Crippen molar-refractivity contribution in [2.45, 2.75) is 85.0 Å². The SMILES string of the molecule is CCCCCCCCCCCCN.CCOc1ccc(NC(=S)Nc2ccc(OCC)cc2)cc1.[Nb]. The summed E-state index contributed by atoms with van der Waals surface area (Å²) >= 11 is 5.30. The Kier molecular flexibility index (Phi) is 22.8. The Morgan fingerprint density at radius 1 is 0.639 bits per heavy atom. The van der Waals surface area contributed by atoms with Crippen LogP contribution in [0.5, 0.6) is 11.5 Å². The molecule has 36 heavy (non-hydrogen) atoms. The zero-order chi connectivity index (χ0) is 25.6. The molecule has 0 bridgehead atoms. The monoisotopic (exact) mass is 594 g/mol. The molecular formula is C29H47N3NbO2S. The van der Waals surface area contributed by atoms with Crippen molar-refractivity contribution in [1.82, 2.24) is 0 Å². The van der Waals surface area contributed by atoms with Gasteiger partial charge in [0.1, 0.15) is 11.5 Å². The second-order valence-corrected chi connectivity index (χ2v) is 8.87. The molecule has 0 fully saturated rings. The molecule has 2 aromatic rings. The fraction of sp³-hybridized carbons (Fsp3) is 0.552. The predicted molar refractivity (Wildman–Crippen MR) is 156 cm³/mol. The first-order chi connectivity index (χ1) is 17.1. The molecule has 0 atom stereocenters. The summed E-state index contributed by atoms with van der Waals surface area (Å²) < 4.78 is 10.8. The van der Waals surface area contributed by atoms with E-state index in [9.17, 15) is 0 Å². The first kappa shape index (κ1) is 34.4. The van der Waals surface area contributed by atoms with Gasteiger partial charge in [-0.25, -0.2) is 0 Å². The van der Waals surface area contributed by atoms with Gasteiger partial charge in [0.15, 0.2) is 5.11 Å². The van der Waals surface area contributed by atoms with E-state index in [1.807, 2.05) is 62.4 Å². The number of anilines is 2. The first-order valence-corrected chi connectivity index (χ1v) is 13.8. The van der Waals surface area contributed by atoms with Crippen molar-refractivity contribution in [2.24, 2.45) is 5.73 Å². The van der Waals surface area contributed by atoms with E-state index in [4.69, 9.17) is 27.4 Å². The van der Waals surface area contributed by atoms with Crippen LogP contribution in [0.15, 0.2) is 48.5 Å². The molecule has 0 aromatic heterocycles. The summed E-state index contributed by atoms with van der Waals surface area (Å²) in [5.74, 6) is 1.69. The summed E-state index contributed by atoms with van der Waals surface area (Å²) in [6.07, 6.45) is 13.9. The summed E-state index contributed by atoms with van der Waals surface area (Å²) in [5.41, 5.74) is 7.24. The van der Waals surface area contributed by atoms with Gasteiger partial charge < -0.3 is 25.8 Å². The summed E-state index contributed by atoms with van der Waals surface area (Å²) in [5, 5.41) is 6.80. The molecule has 0 saturated heterocycles. The van der Waals surface area contributed by atoms with Crippen LogP contribution < -0.4 is 25.8 Å². The van der Waals surface area contributed by atoms with Gasteiger partial charge in [-0.05, 0) is 87.6 Å². The minimum absolute atomic E-state index is 0. The van der Waals surface area contributed by atoms with E-state index in [-0.39, 0.29) is 22.4 Å². The number of unbranched alkanes of at least 4 members (excludes halogenated alkanes) is 9. The molecule has 0 saturated carbocycles. The van der Waals surface area contributed by atoms with Crippen molar-refractivity contribution in [1.29, 1.82) is 0 Å². The minimum atomic E-state index is 0. The quantitative estimate of drug-likeness (QED) is 0.104. The normalized spacial score (nSPS) is 9.89. The van der Waals surface area contributed by atoms with Crippen molar-refractivity contribution in [3.8, 4) is 11.5 Å². The topological polar surface area (TPSA) is 68.5 Å². The molecular weight excluding hydrogens is 547 g/mol. The van der Waals surface area contributed by atoms with E-state index in [0.717, 1.165) is 29.4 Å². The van der Waals surface area contributed by atoms with Crippen molar-refractivity contribution in [2.75, 3.05) is 30.4 Å². The van der Waals surface area contributed by atoms with Gasteiger partial charge in [0.2, 0.25) is 0 Å². The van der Waals surface area contributed by atoms with Crippen LogP contribution >= 0.6 is 12.2 Å². The Morgan fingerprint density at radius 2 is 1.00 bits per heavy atom. The van der Waals surface area contributed by atoms with E-state index in [2.05, 4.69) is 17.6 Å². The van der Waals surface area contributed by atoms with Crippen LogP contribution in [0.3, 0.4) is 0 Å². The van der Waals surface area contributed by atoms with Gasteiger partial charge in [-0.1, -0.05) is 64.7 Å². The molecule has 0 aliphatic heterocycles. The Labute approximate surface area is 240 Å². The van der Waals surface area contributed by atoms with Crippen molar-refractivity contribution >= 4 is 28.7 Å². The third-order valence-electron chi connectivity index (χ3n) is 5.40. The Balaban J connectivity index is 0.000000758. The fourth-order valence-corrected chi connectivity index (χ4v) is 3.76. The van der Waals surface area contributed by atoms with Crippen LogP contribution in [-0.2, 0) is 22.4 Å². The predicted octanol–water partition coefficient (Wildman–Crippen LogP) is 8.16. The number of ether oxygens (including phenoxy) is 2. The molecule has 0 amide bonds. The van der Waals surface area contributed by atoms with Crippen LogP contribution in [0.2, 0.25) is 0 Å². The molecule has 1 radical (unpaired) electrons. The maximum Gasteiger partial charge on any atom is 0.175 e. The molecule has 0 aliphatic rings. The van der Waals surface area contributed by atoms with Crippen molar-refractivity contribution in [3.63, 3.8) is 0 Å². The van der Waals surface area contributed by atoms with E-state index < -0.39 is 0 Å². The van der Waals surface area contributed by atoms with Crippen LogP contribution in [0.25, 0.3) is 0 Å². The summed E-state index contributed by atoms with van der Waals surface area (Å²) in [6, 6.07) is 15.3. The number of nitrogens with one attached hydrogen (secondary N) is 2. The number of thiocarbonyl (C=S) groups is 1. The van der Waals surface area contributed by atoms with Crippen LogP contribution in [-0.4, -0.2) is 24.9 Å². The van der Waals surface area contributed by atoms with Gasteiger partial charge in [-0.3, -0.25) is 0 Å². The molecule has 5 nitrogen and oxygen atoms in total. The van der Waals surface area contributed by atoms with Gasteiger partial charge in [-0.2, -0.15) is 0 Å². The summed E-state index contributed by atoms with van der Waals surface area (Å²) in [6.45, 7) is 8.38. The van der Waals surface area contributed by atoms with E-state index >= 15 is 0 Å². The number of benzene rings is 2. The second kappa shape index (κ2) is 23.8. The standard InChI is InChI=1S/C17H20N2O2S.C12H27N.Nb/c1-3-20-15-9-5-13(6-10-15)18-17(22)19-14-7-11-16(12-8-14)21-4-2;1-2-3-4-5-6-7-8-9-10-11-12-13;/h5-12H,3-4H2,1-2H3,(H2,18,19,22);2-13H2,1H3;. The fourth-order valence-electron chi connectivity index (χ4n) is 3.53. The smallest absolute Gasteiger partial charge is 0.175 e. The molecule has 0 heterocycles. The summed E-state index contributed by atoms with van der Waals surface area (Å²) in [4.78, 5) is 0. The van der Waals surface area contributed by atoms with E-state index in [0.29, 0.717) is 18.3 Å². The Bertz CT molecular complexity index is 710. The van der Waals surface area contributed by atoms with Gasteiger partial charge in [0, 0.05) is 33.8 Å². The number of hydrogen-bond acceptors (Lipinski definition) is 4. The van der Waals surface area contributed by atoms with Crippen LogP contribution in [0.4, 0.5) is 11.4 Å². The van der Waals surface area contributed by atoms with Gasteiger partial charge in [0.05, 0.1) is 13.2 Å². The molecule has 0 aliphatic carbocycles. The maximum absolute atomic E-state index is 5.42. The zero-order valence-corrected chi connectivity index (χ0v) is 25.6. The Hall–Kier alpha value is -1.57. The maximum atomic E-state index is 5.42. The van der Waals surface area contributed by atoms with E-state index in [1.54, 1.807) is 0 Å². The molecule has 0 unspecified atom stereocenters. The summed E-state index contributed by atoms with van der Waals surface area (Å²) in [7, 11) is 0. The molecule has 201 valence electrons. The largest absolute Gasteiger partial charge is 0.494 e. The molecule has 0 spiro atoms. The molecule has 4 N–H and O–H groups in total. The van der Waals surface area contributed by atoms with Crippen molar-refractivity contribution in [3.05, 3.63) is 48.5 Å². The number of nitrogens with two attached hydrogens (primary N) is 1. The van der Waals surface area contributed by atoms with Crippen LogP contribution in [0.1, 0.15) is 85.0 Å². The second-order valence-electron chi connectivity index (χ2n) is 8.46. The average molecular weight is 595 g/mol. The van der Waals surface area contributed by atoms with Gasteiger partial charge in [0.25, 0.3) is 0 Å². The van der Waals surface area contributed by atoms with Crippen molar-refractivity contribution < 1.29 is 31.9 Å². The van der Waals surface area contributed by atoms with Gasteiger partial charge >= 0.3 is 0 Å². The number of rotatable bonds is 16. The molecule has 7 heteroatoms. The van der Waals surface area contributed by atoms with Gasteiger partial charge in [-0.15, -0.1) is 0 Å². The minimum Gasteiger partial charge on any atom is -0.494 e. The number of hydrogen-bond donors (Lipinski definition) is 3. The Morgan fingerprint density at radius 3 is 1.33 bits per heavy atom. The van der Waals surface area contributed by atoms with E-state index in [1.165, 1.54) is 64.2 Å². The third kappa shape index (κ3) is 17.8. The average Bonchev–Trinajstić information content (AvgIpc) is 2.86. The van der Waals surface area contributed by atoms with Crippen LogP contribution in [0, 0.1) is 0 Å². The molecule has 2 rings (SSSR count). The third-order valence-corrected chi connectivity index (χ3v) is 5.61. The molecule has 2 aromatic carbocycles. The zero-order valence-electron chi connectivity index (χ0n) is 22.6.